The van der Waals surface area contributed by atoms with Crippen LogP contribution in [0, 0.1) is 0 Å². The first-order valence-corrected chi connectivity index (χ1v) is 9.99. The molecule has 1 saturated heterocycles. The molecule has 4 atom stereocenters. The van der Waals surface area contributed by atoms with Gasteiger partial charge in [-0.25, -0.2) is 4.79 Å². The van der Waals surface area contributed by atoms with Crippen LogP contribution in [0.1, 0.15) is 50.4 Å². The fourth-order valence-electron chi connectivity index (χ4n) is 2.81. The van der Waals surface area contributed by atoms with E-state index in [4.69, 9.17) is 23.7 Å². The van der Waals surface area contributed by atoms with Crippen molar-refractivity contribution in [1.29, 1.82) is 0 Å². The smallest absolute Gasteiger partial charge is 0.339 e. The topological polar surface area (TPSA) is 135 Å². The van der Waals surface area contributed by atoms with E-state index >= 15 is 0 Å². The second-order valence-corrected chi connectivity index (χ2v) is 6.62. The fraction of sp³-hybridized carbons (Fsp3) is 0.524. The average Bonchev–Trinajstić information content (AvgIpc) is 2.77. The van der Waals surface area contributed by atoms with Crippen molar-refractivity contribution in [3.05, 3.63) is 29.8 Å². The number of ether oxygens (including phenoxy) is 5. The summed E-state index contributed by atoms with van der Waals surface area (Å²) in [6.07, 6.45) is -4.70. The minimum absolute atomic E-state index is 0.0167. The van der Waals surface area contributed by atoms with E-state index in [2.05, 4.69) is 0 Å². The van der Waals surface area contributed by atoms with Gasteiger partial charge in [-0.2, -0.15) is 0 Å². The number of rotatable bonds is 9. The summed E-state index contributed by atoms with van der Waals surface area (Å²) >= 11 is 0. The fourth-order valence-corrected chi connectivity index (χ4v) is 2.81. The molecule has 0 saturated carbocycles. The van der Waals surface area contributed by atoms with Crippen molar-refractivity contribution in [3.63, 3.8) is 0 Å². The van der Waals surface area contributed by atoms with E-state index in [9.17, 15) is 24.3 Å². The molecule has 0 spiro atoms. The summed E-state index contributed by atoms with van der Waals surface area (Å²) in [5.74, 6) is -3.04. The van der Waals surface area contributed by atoms with Crippen molar-refractivity contribution in [2.24, 2.45) is 0 Å². The second-order valence-electron chi connectivity index (χ2n) is 6.62. The van der Waals surface area contributed by atoms with Gasteiger partial charge in [-0.1, -0.05) is 32.9 Å². The van der Waals surface area contributed by atoms with Crippen LogP contribution in [0.4, 0.5) is 0 Å². The molecule has 0 radical (unpaired) electrons. The zero-order valence-corrected chi connectivity index (χ0v) is 17.6. The van der Waals surface area contributed by atoms with Crippen molar-refractivity contribution in [1.82, 2.24) is 0 Å². The Balaban J connectivity index is 2.38. The van der Waals surface area contributed by atoms with E-state index in [1.165, 1.54) is 18.2 Å². The Kier molecular flexibility index (Phi) is 8.80. The highest BCUT2D eigenvalue weighted by molar-refractivity contribution is 5.90. The highest BCUT2D eigenvalue weighted by Crippen LogP contribution is 2.29. The van der Waals surface area contributed by atoms with Crippen molar-refractivity contribution < 1.29 is 48.0 Å². The molecule has 0 aromatic heterocycles. The van der Waals surface area contributed by atoms with E-state index in [-0.39, 0.29) is 37.2 Å². The predicted molar refractivity (Wildman–Crippen MR) is 104 cm³/mol. The van der Waals surface area contributed by atoms with E-state index < -0.39 is 48.5 Å². The van der Waals surface area contributed by atoms with Crippen LogP contribution in [0.2, 0.25) is 0 Å². The molecule has 1 aliphatic rings. The maximum absolute atomic E-state index is 12.1. The van der Waals surface area contributed by atoms with Crippen molar-refractivity contribution in [3.8, 4) is 5.75 Å². The maximum atomic E-state index is 12.1. The number of hydrogen-bond donors (Lipinski definition) is 1. The maximum Gasteiger partial charge on any atom is 0.339 e. The molecule has 1 N–H and O–H groups in total. The van der Waals surface area contributed by atoms with Crippen LogP contribution in [-0.4, -0.2) is 60.2 Å². The number of para-hydroxylation sites is 1. The highest BCUT2D eigenvalue weighted by atomic mass is 16.7. The van der Waals surface area contributed by atoms with E-state index in [1.807, 2.05) is 0 Å². The van der Waals surface area contributed by atoms with Gasteiger partial charge in [0.2, 0.25) is 12.4 Å². The Labute approximate surface area is 179 Å². The Hall–Kier alpha value is -3.14. The van der Waals surface area contributed by atoms with Crippen LogP contribution >= 0.6 is 0 Å². The number of carbonyl (C=O) groups excluding carboxylic acids is 3. The van der Waals surface area contributed by atoms with Crippen LogP contribution in [0.25, 0.3) is 0 Å². The third-order valence-corrected chi connectivity index (χ3v) is 4.43. The van der Waals surface area contributed by atoms with Crippen LogP contribution < -0.4 is 4.74 Å². The van der Waals surface area contributed by atoms with Gasteiger partial charge in [-0.3, -0.25) is 14.4 Å². The van der Waals surface area contributed by atoms with Gasteiger partial charge in [0, 0.05) is 19.3 Å². The minimum Gasteiger partial charge on any atom is -0.478 e. The van der Waals surface area contributed by atoms with Gasteiger partial charge in [0.1, 0.15) is 11.3 Å². The van der Waals surface area contributed by atoms with Crippen LogP contribution in [0.5, 0.6) is 5.75 Å². The molecule has 1 aromatic carbocycles. The molecular weight excluding hydrogens is 412 g/mol. The predicted octanol–water partition coefficient (Wildman–Crippen LogP) is 2.09. The van der Waals surface area contributed by atoms with Crippen molar-refractivity contribution in [2.45, 2.75) is 64.6 Å². The summed E-state index contributed by atoms with van der Waals surface area (Å²) in [5.41, 5.74) is -0.131. The monoisotopic (exact) mass is 438 g/mol. The molecule has 2 rings (SSSR count). The van der Waals surface area contributed by atoms with Gasteiger partial charge < -0.3 is 28.8 Å². The van der Waals surface area contributed by atoms with Crippen LogP contribution in [0.3, 0.4) is 0 Å². The number of carboxylic acids is 1. The Morgan fingerprint density at radius 1 is 0.903 bits per heavy atom. The van der Waals surface area contributed by atoms with Gasteiger partial charge in [0.05, 0.1) is 6.61 Å². The van der Waals surface area contributed by atoms with E-state index in [0.29, 0.717) is 0 Å². The lowest BCUT2D eigenvalue weighted by atomic mass is 10.0. The summed E-state index contributed by atoms with van der Waals surface area (Å²) in [6.45, 7) is 4.54. The summed E-state index contributed by atoms with van der Waals surface area (Å²) < 4.78 is 27.5. The number of aromatic carboxylic acids is 1. The average molecular weight is 438 g/mol. The number of carbonyl (C=O) groups is 4. The first-order chi connectivity index (χ1) is 14.8. The van der Waals surface area contributed by atoms with Crippen molar-refractivity contribution in [2.75, 3.05) is 6.61 Å². The molecule has 10 heteroatoms. The molecule has 1 heterocycles. The standard InChI is InChI=1S/C21H26O10/c1-4-15(22)28-14-11-27-21(29-13-10-8-7-9-12(13)20(25)26)19(31-17(24)6-3)18(14)30-16(23)5-2/h7-10,14,18-19,21H,4-6,11H2,1-3H3,(H,25,26)/t14-,18+,19-,21?/m1/s1. The largest absolute Gasteiger partial charge is 0.478 e. The summed E-state index contributed by atoms with van der Waals surface area (Å²) in [6, 6.07) is 5.85. The molecule has 1 aromatic rings. The molecule has 31 heavy (non-hydrogen) atoms. The van der Waals surface area contributed by atoms with Crippen LogP contribution in [0.15, 0.2) is 24.3 Å². The van der Waals surface area contributed by atoms with Crippen LogP contribution in [-0.2, 0) is 33.3 Å². The normalized spacial score (nSPS) is 22.8. The van der Waals surface area contributed by atoms with E-state index in [1.54, 1.807) is 26.8 Å². The number of benzene rings is 1. The number of hydrogen-bond acceptors (Lipinski definition) is 9. The third kappa shape index (κ3) is 6.42. The van der Waals surface area contributed by atoms with Gasteiger partial charge >= 0.3 is 23.9 Å². The summed E-state index contributed by atoms with van der Waals surface area (Å²) in [5, 5.41) is 9.38. The number of esters is 3. The molecule has 0 aliphatic carbocycles. The van der Waals surface area contributed by atoms with Gasteiger partial charge in [0.15, 0.2) is 12.2 Å². The molecule has 0 bridgehead atoms. The van der Waals surface area contributed by atoms with Crippen molar-refractivity contribution >= 4 is 23.9 Å². The Morgan fingerprint density at radius 2 is 1.45 bits per heavy atom. The first-order valence-electron chi connectivity index (χ1n) is 9.99. The SMILES string of the molecule is CCC(=O)O[C@H]1[C@H](OC(=O)CC)COC(Oc2ccccc2C(=O)O)[C@@H]1OC(=O)CC. The van der Waals surface area contributed by atoms with E-state index in [0.717, 1.165) is 0 Å². The Bertz CT molecular complexity index is 805. The third-order valence-electron chi connectivity index (χ3n) is 4.43. The van der Waals surface area contributed by atoms with Gasteiger partial charge in [-0.05, 0) is 12.1 Å². The molecular formula is C21H26O10. The lowest BCUT2D eigenvalue weighted by Crippen LogP contribution is -2.59. The zero-order chi connectivity index (χ0) is 23.0. The molecule has 1 aliphatic heterocycles. The summed E-state index contributed by atoms with van der Waals surface area (Å²) in [4.78, 5) is 47.4. The lowest BCUT2D eigenvalue weighted by molar-refractivity contribution is -0.261. The molecule has 170 valence electrons. The zero-order valence-electron chi connectivity index (χ0n) is 17.6. The second kappa shape index (κ2) is 11.3. The minimum atomic E-state index is -1.30. The molecule has 10 nitrogen and oxygen atoms in total. The quantitative estimate of drug-likeness (QED) is 0.451. The molecule has 0 amide bonds. The van der Waals surface area contributed by atoms with Gasteiger partial charge in [0.25, 0.3) is 0 Å². The first kappa shape index (κ1) is 24.1. The molecule has 1 unspecified atom stereocenters. The Morgan fingerprint density at radius 3 is 2.03 bits per heavy atom. The summed E-state index contributed by atoms with van der Waals surface area (Å²) in [7, 11) is 0. The molecule has 1 fully saturated rings. The number of carboxylic acid groups (broad SMARTS) is 1. The lowest BCUT2D eigenvalue weighted by Gasteiger charge is -2.40. The van der Waals surface area contributed by atoms with Gasteiger partial charge in [-0.15, -0.1) is 0 Å². The highest BCUT2D eigenvalue weighted by Gasteiger charge is 2.48.